The normalized spacial score (nSPS) is 18.2. The highest BCUT2D eigenvalue weighted by atomic mass is 35.5. The lowest BCUT2D eigenvalue weighted by atomic mass is 9.78. The zero-order chi connectivity index (χ0) is 20.4. The number of carbonyl (C=O) groups is 2. The van der Waals surface area contributed by atoms with Gasteiger partial charge in [-0.3, -0.25) is 9.59 Å². The van der Waals surface area contributed by atoms with E-state index < -0.39 is 29.2 Å². The quantitative estimate of drug-likeness (QED) is 0.441. The number of halogens is 5. The van der Waals surface area contributed by atoms with Crippen molar-refractivity contribution < 1.29 is 22.8 Å². The Labute approximate surface area is 165 Å². The maximum absolute atomic E-state index is 13.4. The van der Waals surface area contributed by atoms with Gasteiger partial charge in [0, 0.05) is 38.0 Å². The van der Waals surface area contributed by atoms with Crippen LogP contribution in [0.4, 0.5) is 13.2 Å². The average Bonchev–Trinajstić information content (AvgIpc) is 2.54. The van der Waals surface area contributed by atoms with Crippen LogP contribution in [0.3, 0.4) is 0 Å². The van der Waals surface area contributed by atoms with Gasteiger partial charge < -0.3 is 10.2 Å². The molecule has 0 saturated heterocycles. The molecule has 0 amide bonds. The number of rotatable bonds is 5. The molecule has 4 nitrogen and oxygen atoms in total. The second-order valence-corrected chi connectivity index (χ2v) is 7.37. The SMILES string of the molecule is CN(C)CCNC=C1C(=O)CC(c2c(C(F)(F)F)ccc(Cl)c2Cl)CC1=O. The van der Waals surface area contributed by atoms with E-state index in [0.29, 0.717) is 13.1 Å². The van der Waals surface area contributed by atoms with Crippen molar-refractivity contribution in [3.63, 3.8) is 0 Å². The predicted molar refractivity (Wildman–Crippen MR) is 98.1 cm³/mol. The Bertz CT molecular complexity index is 757. The van der Waals surface area contributed by atoms with Gasteiger partial charge in [-0.1, -0.05) is 23.2 Å². The van der Waals surface area contributed by atoms with Crippen molar-refractivity contribution in [1.29, 1.82) is 0 Å². The molecule has 0 spiro atoms. The Balaban J connectivity index is 2.28. The van der Waals surface area contributed by atoms with Crippen LogP contribution in [0, 0.1) is 0 Å². The second kappa shape index (κ2) is 8.63. The number of ketones is 2. The molecule has 1 aromatic carbocycles. The van der Waals surface area contributed by atoms with Crippen LogP contribution in [0.1, 0.15) is 29.9 Å². The number of hydrogen-bond acceptors (Lipinski definition) is 4. The minimum Gasteiger partial charge on any atom is -0.389 e. The summed E-state index contributed by atoms with van der Waals surface area (Å²) >= 11 is 11.9. The van der Waals surface area contributed by atoms with Gasteiger partial charge >= 0.3 is 6.18 Å². The van der Waals surface area contributed by atoms with Crippen LogP contribution in [0.2, 0.25) is 10.0 Å². The molecule has 1 saturated carbocycles. The van der Waals surface area contributed by atoms with Gasteiger partial charge in [0.25, 0.3) is 0 Å². The molecule has 1 N–H and O–H groups in total. The van der Waals surface area contributed by atoms with Gasteiger partial charge in [-0.15, -0.1) is 0 Å². The number of likely N-dealkylation sites (N-methyl/N-ethyl adjacent to an activating group) is 1. The van der Waals surface area contributed by atoms with E-state index in [4.69, 9.17) is 23.2 Å². The van der Waals surface area contributed by atoms with Crippen LogP contribution in [-0.4, -0.2) is 43.7 Å². The summed E-state index contributed by atoms with van der Waals surface area (Å²) in [5.74, 6) is -2.00. The number of alkyl halides is 3. The van der Waals surface area contributed by atoms with E-state index in [1.807, 2.05) is 19.0 Å². The fraction of sp³-hybridized carbons (Fsp3) is 0.444. The fourth-order valence-electron chi connectivity index (χ4n) is 2.94. The van der Waals surface area contributed by atoms with Gasteiger partial charge in [0.2, 0.25) is 0 Å². The number of nitrogens with zero attached hydrogens (tertiary/aromatic N) is 1. The Kier molecular flexibility index (Phi) is 6.94. The molecule has 148 valence electrons. The molecule has 0 radical (unpaired) electrons. The molecule has 1 aliphatic carbocycles. The molecule has 0 bridgehead atoms. The number of nitrogens with one attached hydrogen (secondary N) is 1. The molecule has 0 aromatic heterocycles. The van der Waals surface area contributed by atoms with Crippen molar-refractivity contribution in [2.75, 3.05) is 27.2 Å². The summed E-state index contributed by atoms with van der Waals surface area (Å²) in [6, 6.07) is 1.88. The maximum atomic E-state index is 13.4. The van der Waals surface area contributed by atoms with E-state index in [0.717, 1.165) is 12.1 Å². The van der Waals surface area contributed by atoms with Crippen LogP contribution < -0.4 is 5.32 Å². The van der Waals surface area contributed by atoms with E-state index in [2.05, 4.69) is 5.32 Å². The number of carbonyl (C=O) groups excluding carboxylic acids is 2. The van der Waals surface area contributed by atoms with E-state index in [-0.39, 0.29) is 34.0 Å². The molecular formula is C18H19Cl2F3N2O2. The molecule has 9 heteroatoms. The lowest BCUT2D eigenvalue weighted by Crippen LogP contribution is -2.29. The molecule has 2 rings (SSSR count). The van der Waals surface area contributed by atoms with E-state index in [1.54, 1.807) is 0 Å². The first-order chi connectivity index (χ1) is 12.5. The number of benzene rings is 1. The summed E-state index contributed by atoms with van der Waals surface area (Å²) in [5, 5.41) is 2.57. The zero-order valence-corrected chi connectivity index (χ0v) is 16.3. The Hall–Kier alpha value is -1.57. The van der Waals surface area contributed by atoms with Crippen molar-refractivity contribution in [2.24, 2.45) is 0 Å². The topological polar surface area (TPSA) is 49.4 Å². The van der Waals surface area contributed by atoms with E-state index in [9.17, 15) is 22.8 Å². The average molecular weight is 423 g/mol. The Morgan fingerprint density at radius 3 is 2.30 bits per heavy atom. The predicted octanol–water partition coefficient (Wildman–Crippen LogP) is 4.06. The first-order valence-electron chi connectivity index (χ1n) is 8.22. The highest BCUT2D eigenvalue weighted by Crippen LogP contribution is 2.45. The fourth-order valence-corrected chi connectivity index (χ4v) is 3.42. The number of hydrogen-bond donors (Lipinski definition) is 1. The van der Waals surface area contributed by atoms with Crippen molar-refractivity contribution in [3.8, 4) is 0 Å². The van der Waals surface area contributed by atoms with E-state index in [1.165, 1.54) is 6.20 Å². The summed E-state index contributed by atoms with van der Waals surface area (Å²) in [6.07, 6.45) is -3.81. The molecular weight excluding hydrogens is 404 g/mol. The molecule has 1 fully saturated rings. The van der Waals surface area contributed by atoms with Crippen molar-refractivity contribution in [2.45, 2.75) is 24.9 Å². The number of Topliss-reactive ketones (excluding diaryl/α,β-unsaturated/α-hetero) is 2. The first kappa shape index (κ1) is 21.7. The van der Waals surface area contributed by atoms with Gasteiger partial charge in [0.15, 0.2) is 11.6 Å². The monoisotopic (exact) mass is 422 g/mol. The summed E-state index contributed by atoms with van der Waals surface area (Å²) in [4.78, 5) is 26.7. The Morgan fingerprint density at radius 2 is 1.78 bits per heavy atom. The molecule has 0 unspecified atom stereocenters. The van der Waals surface area contributed by atoms with Crippen LogP contribution in [0.15, 0.2) is 23.9 Å². The Morgan fingerprint density at radius 1 is 1.19 bits per heavy atom. The van der Waals surface area contributed by atoms with Crippen LogP contribution in [0.5, 0.6) is 0 Å². The van der Waals surface area contributed by atoms with Crippen LogP contribution in [-0.2, 0) is 15.8 Å². The summed E-state index contributed by atoms with van der Waals surface area (Å²) in [6.45, 7) is 1.22. The molecule has 27 heavy (non-hydrogen) atoms. The van der Waals surface area contributed by atoms with Crippen molar-refractivity contribution in [3.05, 3.63) is 45.1 Å². The third kappa shape index (κ3) is 5.24. The van der Waals surface area contributed by atoms with Gasteiger partial charge in [-0.2, -0.15) is 13.2 Å². The largest absolute Gasteiger partial charge is 0.416 e. The minimum absolute atomic E-state index is 0.0308. The summed E-state index contributed by atoms with van der Waals surface area (Å²) in [7, 11) is 3.76. The van der Waals surface area contributed by atoms with Crippen LogP contribution in [0.25, 0.3) is 0 Å². The molecule has 0 aliphatic heterocycles. The lowest BCUT2D eigenvalue weighted by Gasteiger charge is -2.26. The van der Waals surface area contributed by atoms with Gasteiger partial charge in [0.1, 0.15) is 0 Å². The molecule has 0 heterocycles. The first-order valence-corrected chi connectivity index (χ1v) is 8.97. The van der Waals surface area contributed by atoms with Gasteiger partial charge in [0.05, 0.1) is 21.2 Å². The van der Waals surface area contributed by atoms with Crippen molar-refractivity contribution in [1.82, 2.24) is 10.2 Å². The lowest BCUT2D eigenvalue weighted by molar-refractivity contribution is -0.139. The molecule has 1 aliphatic rings. The van der Waals surface area contributed by atoms with E-state index >= 15 is 0 Å². The smallest absolute Gasteiger partial charge is 0.389 e. The third-order valence-electron chi connectivity index (χ3n) is 4.26. The highest BCUT2D eigenvalue weighted by molar-refractivity contribution is 6.42. The zero-order valence-electron chi connectivity index (χ0n) is 14.8. The standard InChI is InChI=1S/C18H19Cl2F3N2O2/c1-25(2)6-5-24-9-11-14(26)7-10(8-15(11)27)16-12(18(21,22)23)3-4-13(19)17(16)20/h3-4,9-10,24H,5-8H2,1-2H3. The van der Waals surface area contributed by atoms with Crippen LogP contribution >= 0.6 is 23.2 Å². The summed E-state index contributed by atoms with van der Waals surface area (Å²) in [5.41, 5.74) is -1.30. The number of allylic oxidation sites excluding steroid dienone is 1. The second-order valence-electron chi connectivity index (χ2n) is 6.59. The van der Waals surface area contributed by atoms with Gasteiger partial charge in [-0.05, 0) is 31.8 Å². The third-order valence-corrected chi connectivity index (χ3v) is 5.08. The highest BCUT2D eigenvalue weighted by Gasteiger charge is 2.40. The van der Waals surface area contributed by atoms with Crippen molar-refractivity contribution >= 4 is 34.8 Å². The minimum atomic E-state index is -4.67. The molecule has 0 atom stereocenters. The maximum Gasteiger partial charge on any atom is 0.416 e. The van der Waals surface area contributed by atoms with Gasteiger partial charge in [-0.25, -0.2) is 0 Å². The molecule has 1 aromatic rings. The summed E-state index contributed by atoms with van der Waals surface area (Å²) < 4.78 is 40.1.